The summed E-state index contributed by atoms with van der Waals surface area (Å²) in [5, 5.41) is 2.88. The number of aryl methyl sites for hydroxylation is 2. The predicted molar refractivity (Wildman–Crippen MR) is 128 cm³/mol. The van der Waals surface area contributed by atoms with Crippen molar-refractivity contribution in [3.63, 3.8) is 0 Å². The zero-order chi connectivity index (χ0) is 22.7. The summed E-state index contributed by atoms with van der Waals surface area (Å²) in [6.45, 7) is 8.38. The maximum absolute atomic E-state index is 12.4. The highest BCUT2D eigenvalue weighted by atomic mass is 16.5. The number of hydrogen-bond donors (Lipinski definition) is 1. The van der Waals surface area contributed by atoms with Crippen molar-refractivity contribution < 1.29 is 13.9 Å². The molecule has 1 atom stereocenters. The number of benzene rings is 3. The van der Waals surface area contributed by atoms with Crippen LogP contribution >= 0.6 is 0 Å². The zero-order valence-corrected chi connectivity index (χ0v) is 18.9. The molecule has 4 rings (SSSR count). The molecular weight excluding hydrogens is 400 g/mol. The number of nitrogens with zero attached hydrogens (tertiary/aromatic N) is 1. The Hall–Kier alpha value is -3.60. The van der Waals surface area contributed by atoms with E-state index in [0.717, 1.165) is 28.6 Å². The molecule has 0 saturated carbocycles. The number of rotatable bonds is 7. The Morgan fingerprint density at radius 1 is 1.06 bits per heavy atom. The number of oxazole rings is 1. The Bertz CT molecular complexity index is 1260. The first-order chi connectivity index (χ1) is 15.4. The van der Waals surface area contributed by atoms with Crippen LogP contribution in [0, 0.1) is 13.8 Å². The summed E-state index contributed by atoms with van der Waals surface area (Å²) >= 11 is 0. The highest BCUT2D eigenvalue weighted by molar-refractivity contribution is 5.92. The molecule has 1 aromatic heterocycles. The quantitative estimate of drug-likeness (QED) is 0.358. The topological polar surface area (TPSA) is 64.4 Å². The first-order valence-electron chi connectivity index (χ1n) is 10.9. The van der Waals surface area contributed by atoms with Crippen molar-refractivity contribution in [3.8, 4) is 17.2 Å². The lowest BCUT2D eigenvalue weighted by molar-refractivity contribution is -0.118. The first-order valence-corrected chi connectivity index (χ1v) is 10.9. The average Bonchev–Trinajstić information content (AvgIpc) is 3.23. The Labute approximate surface area is 188 Å². The van der Waals surface area contributed by atoms with Gasteiger partial charge >= 0.3 is 0 Å². The minimum atomic E-state index is -0.226. The lowest BCUT2D eigenvalue weighted by Gasteiger charge is -2.09. The summed E-state index contributed by atoms with van der Waals surface area (Å²) in [5.41, 5.74) is 6.64. The van der Waals surface area contributed by atoms with Crippen LogP contribution in [0.4, 0.5) is 5.69 Å². The molecule has 0 bridgehead atoms. The molecule has 1 N–H and O–H groups in total. The lowest BCUT2D eigenvalue weighted by atomic mass is 9.98. The number of anilines is 1. The monoisotopic (exact) mass is 428 g/mol. The van der Waals surface area contributed by atoms with Crippen LogP contribution in [0.25, 0.3) is 22.6 Å². The third-order valence-corrected chi connectivity index (χ3v) is 5.83. The molecule has 32 heavy (non-hydrogen) atoms. The molecule has 3 aromatic carbocycles. The van der Waals surface area contributed by atoms with Gasteiger partial charge < -0.3 is 14.5 Å². The van der Waals surface area contributed by atoms with Gasteiger partial charge in [0, 0.05) is 11.3 Å². The minimum Gasteiger partial charge on any atom is -0.484 e. The molecule has 0 saturated heterocycles. The van der Waals surface area contributed by atoms with Gasteiger partial charge in [-0.05, 0) is 85.3 Å². The van der Waals surface area contributed by atoms with E-state index in [9.17, 15) is 4.79 Å². The Balaban J connectivity index is 1.46. The van der Waals surface area contributed by atoms with Gasteiger partial charge in [-0.15, -0.1) is 0 Å². The number of ether oxygens (including phenoxy) is 1. The van der Waals surface area contributed by atoms with E-state index in [4.69, 9.17) is 9.15 Å². The molecule has 0 aliphatic rings. The van der Waals surface area contributed by atoms with E-state index in [0.29, 0.717) is 23.2 Å². The van der Waals surface area contributed by atoms with E-state index in [1.165, 1.54) is 11.1 Å². The number of carbonyl (C=O) groups is 1. The van der Waals surface area contributed by atoms with Crippen LogP contribution in [0.3, 0.4) is 0 Å². The highest BCUT2D eigenvalue weighted by Crippen LogP contribution is 2.29. The molecule has 1 amide bonds. The van der Waals surface area contributed by atoms with Gasteiger partial charge in [-0.1, -0.05) is 32.0 Å². The number of carbonyl (C=O) groups excluding carboxylic acids is 1. The second-order valence-corrected chi connectivity index (χ2v) is 8.22. The maximum Gasteiger partial charge on any atom is 0.262 e. The number of nitrogens with one attached hydrogen (secondary N) is 1. The zero-order valence-electron chi connectivity index (χ0n) is 18.9. The summed E-state index contributed by atoms with van der Waals surface area (Å²) in [7, 11) is 0. The van der Waals surface area contributed by atoms with Crippen LogP contribution in [0.5, 0.6) is 5.75 Å². The van der Waals surface area contributed by atoms with Gasteiger partial charge in [0.25, 0.3) is 5.91 Å². The largest absolute Gasteiger partial charge is 0.484 e. The summed E-state index contributed by atoms with van der Waals surface area (Å²) in [6.07, 6.45) is 1.07. The van der Waals surface area contributed by atoms with Crippen LogP contribution in [-0.4, -0.2) is 17.5 Å². The molecular formula is C27H28N2O3. The number of amides is 1. The van der Waals surface area contributed by atoms with Gasteiger partial charge in [-0.3, -0.25) is 4.79 Å². The summed E-state index contributed by atoms with van der Waals surface area (Å²) in [5.74, 6) is 1.46. The van der Waals surface area contributed by atoms with E-state index >= 15 is 0 Å². The molecule has 4 aromatic rings. The van der Waals surface area contributed by atoms with Gasteiger partial charge in [-0.25, -0.2) is 4.98 Å². The van der Waals surface area contributed by atoms with Crippen molar-refractivity contribution in [1.29, 1.82) is 0 Å². The fourth-order valence-electron chi connectivity index (χ4n) is 3.49. The molecule has 0 aliphatic carbocycles. The fourth-order valence-corrected chi connectivity index (χ4v) is 3.49. The van der Waals surface area contributed by atoms with Crippen molar-refractivity contribution in [3.05, 3.63) is 77.4 Å². The van der Waals surface area contributed by atoms with Crippen LogP contribution in [-0.2, 0) is 4.79 Å². The molecule has 0 fully saturated rings. The van der Waals surface area contributed by atoms with E-state index in [-0.39, 0.29) is 12.5 Å². The molecule has 0 aliphatic heterocycles. The third kappa shape index (κ3) is 4.83. The van der Waals surface area contributed by atoms with Crippen molar-refractivity contribution in [2.45, 2.75) is 40.0 Å². The standard InChI is InChI=1S/C27H28N2O3/c1-5-17(2)20-10-12-25-24(15-20)29-27(32-25)21-7-6-8-22(14-21)28-26(30)16-31-23-11-9-18(3)19(4)13-23/h6-15,17H,5,16H2,1-4H3,(H,28,30). The lowest BCUT2D eigenvalue weighted by Crippen LogP contribution is -2.20. The highest BCUT2D eigenvalue weighted by Gasteiger charge is 2.12. The third-order valence-electron chi connectivity index (χ3n) is 5.83. The Kier molecular flexibility index (Phi) is 6.26. The number of aromatic nitrogens is 1. The molecule has 5 nitrogen and oxygen atoms in total. The summed E-state index contributed by atoms with van der Waals surface area (Å²) in [4.78, 5) is 17.0. The Morgan fingerprint density at radius 2 is 1.91 bits per heavy atom. The van der Waals surface area contributed by atoms with Crippen LogP contribution < -0.4 is 10.1 Å². The van der Waals surface area contributed by atoms with Gasteiger partial charge in [-0.2, -0.15) is 0 Å². The van der Waals surface area contributed by atoms with Crippen LogP contribution in [0.1, 0.15) is 42.9 Å². The molecule has 5 heteroatoms. The second kappa shape index (κ2) is 9.27. The number of fused-ring (bicyclic) bond motifs is 1. The fraction of sp³-hybridized carbons (Fsp3) is 0.259. The van der Waals surface area contributed by atoms with Crippen molar-refractivity contribution >= 4 is 22.7 Å². The normalized spacial score (nSPS) is 12.0. The van der Waals surface area contributed by atoms with Gasteiger partial charge in [0.05, 0.1) is 0 Å². The molecule has 164 valence electrons. The van der Waals surface area contributed by atoms with Crippen molar-refractivity contribution in [2.75, 3.05) is 11.9 Å². The molecule has 0 radical (unpaired) electrons. The minimum absolute atomic E-state index is 0.0615. The van der Waals surface area contributed by atoms with Gasteiger partial charge in [0.1, 0.15) is 11.3 Å². The molecule has 1 heterocycles. The predicted octanol–water partition coefficient (Wildman–Crippen LogP) is 6.64. The summed E-state index contributed by atoms with van der Waals surface area (Å²) < 4.78 is 11.6. The Morgan fingerprint density at radius 3 is 2.69 bits per heavy atom. The average molecular weight is 429 g/mol. The first kappa shape index (κ1) is 21.6. The van der Waals surface area contributed by atoms with Crippen molar-refractivity contribution in [1.82, 2.24) is 4.98 Å². The van der Waals surface area contributed by atoms with Crippen LogP contribution in [0.15, 0.2) is 65.1 Å². The van der Waals surface area contributed by atoms with Gasteiger partial charge in [0.15, 0.2) is 12.2 Å². The van der Waals surface area contributed by atoms with E-state index in [2.05, 4.69) is 36.3 Å². The van der Waals surface area contributed by atoms with E-state index in [1.807, 2.05) is 62.4 Å². The van der Waals surface area contributed by atoms with Gasteiger partial charge in [0.2, 0.25) is 5.89 Å². The summed E-state index contributed by atoms with van der Waals surface area (Å²) in [6, 6.07) is 19.4. The van der Waals surface area contributed by atoms with Crippen LogP contribution in [0.2, 0.25) is 0 Å². The smallest absolute Gasteiger partial charge is 0.262 e. The molecule has 0 spiro atoms. The van der Waals surface area contributed by atoms with Crippen molar-refractivity contribution in [2.24, 2.45) is 0 Å². The SMILES string of the molecule is CCC(C)c1ccc2oc(-c3cccc(NC(=O)COc4ccc(C)c(C)c4)c3)nc2c1. The second-order valence-electron chi connectivity index (χ2n) is 8.22. The maximum atomic E-state index is 12.4. The van der Waals surface area contributed by atoms with E-state index in [1.54, 1.807) is 0 Å². The van der Waals surface area contributed by atoms with E-state index < -0.39 is 0 Å². The number of hydrogen-bond acceptors (Lipinski definition) is 4. The molecule has 1 unspecified atom stereocenters.